The molecule has 0 saturated heterocycles. The maximum atomic E-state index is 9.03. The lowest BCUT2D eigenvalue weighted by Gasteiger charge is -2.20. The first-order valence-electron chi connectivity index (χ1n) is 7.98. The van der Waals surface area contributed by atoms with E-state index in [1.54, 1.807) is 20.3 Å². The third kappa shape index (κ3) is 4.63. The van der Waals surface area contributed by atoms with E-state index in [0.29, 0.717) is 36.7 Å². The molecule has 0 radical (unpaired) electrons. The van der Waals surface area contributed by atoms with Crippen LogP contribution < -0.4 is 19.9 Å². The highest BCUT2D eigenvalue weighted by molar-refractivity contribution is 5.51. The van der Waals surface area contributed by atoms with E-state index in [9.17, 15) is 0 Å². The van der Waals surface area contributed by atoms with Crippen molar-refractivity contribution in [3.63, 3.8) is 0 Å². The van der Waals surface area contributed by atoms with Gasteiger partial charge < -0.3 is 25.1 Å². The molecule has 0 aromatic heterocycles. The van der Waals surface area contributed by atoms with Crippen LogP contribution in [0.25, 0.3) is 0 Å². The van der Waals surface area contributed by atoms with E-state index in [1.165, 1.54) is 0 Å². The van der Waals surface area contributed by atoms with Crippen LogP contribution >= 0.6 is 0 Å². The molecular formula is C19H25NO4. The number of aliphatic hydroxyl groups excluding tert-OH is 1. The van der Waals surface area contributed by atoms with Crippen LogP contribution in [0.4, 0.5) is 0 Å². The molecule has 0 saturated carbocycles. The summed E-state index contributed by atoms with van der Waals surface area (Å²) in [6.45, 7) is 0.553. The zero-order valence-electron chi connectivity index (χ0n) is 14.2. The van der Waals surface area contributed by atoms with Crippen molar-refractivity contribution in [1.29, 1.82) is 0 Å². The molecule has 1 atom stereocenters. The highest BCUT2D eigenvalue weighted by Crippen LogP contribution is 2.38. The summed E-state index contributed by atoms with van der Waals surface area (Å²) in [5.41, 5.74) is 8.19. The monoisotopic (exact) mass is 331 g/mol. The van der Waals surface area contributed by atoms with Crippen molar-refractivity contribution in [2.45, 2.75) is 25.5 Å². The van der Waals surface area contributed by atoms with Crippen LogP contribution in [0.1, 0.15) is 30.0 Å². The van der Waals surface area contributed by atoms with Gasteiger partial charge in [0.05, 0.1) is 14.2 Å². The smallest absolute Gasteiger partial charge is 0.164 e. The normalized spacial score (nSPS) is 11.8. The Kier molecular flexibility index (Phi) is 6.90. The Hall–Kier alpha value is -2.24. The lowest BCUT2D eigenvalue weighted by atomic mass is 10.0. The zero-order chi connectivity index (χ0) is 17.4. The Labute approximate surface area is 143 Å². The van der Waals surface area contributed by atoms with E-state index >= 15 is 0 Å². The van der Waals surface area contributed by atoms with Gasteiger partial charge in [-0.15, -0.1) is 0 Å². The van der Waals surface area contributed by atoms with Crippen molar-refractivity contribution in [1.82, 2.24) is 0 Å². The summed E-state index contributed by atoms with van der Waals surface area (Å²) < 4.78 is 16.7. The molecule has 2 aromatic carbocycles. The summed E-state index contributed by atoms with van der Waals surface area (Å²) >= 11 is 0. The predicted molar refractivity (Wildman–Crippen MR) is 93.6 cm³/mol. The van der Waals surface area contributed by atoms with E-state index in [4.69, 9.17) is 25.1 Å². The molecular weight excluding hydrogens is 306 g/mol. The highest BCUT2D eigenvalue weighted by Gasteiger charge is 2.17. The van der Waals surface area contributed by atoms with Gasteiger partial charge in [0.2, 0.25) is 0 Å². The molecule has 2 aromatic rings. The average Bonchev–Trinajstić information content (AvgIpc) is 2.64. The largest absolute Gasteiger partial charge is 0.493 e. The first kappa shape index (κ1) is 18.1. The van der Waals surface area contributed by atoms with Crippen LogP contribution in [-0.4, -0.2) is 25.9 Å². The molecule has 24 heavy (non-hydrogen) atoms. The molecule has 0 spiro atoms. The summed E-state index contributed by atoms with van der Waals surface area (Å²) in [4.78, 5) is 0. The predicted octanol–water partition coefficient (Wildman–Crippen LogP) is 3.06. The van der Waals surface area contributed by atoms with Gasteiger partial charge >= 0.3 is 0 Å². The van der Waals surface area contributed by atoms with Crippen molar-refractivity contribution < 1.29 is 19.3 Å². The Morgan fingerprint density at radius 1 is 1.00 bits per heavy atom. The molecule has 0 aliphatic carbocycles. The van der Waals surface area contributed by atoms with Crippen LogP contribution in [0.2, 0.25) is 0 Å². The fourth-order valence-corrected chi connectivity index (χ4v) is 2.49. The molecule has 0 aliphatic rings. The van der Waals surface area contributed by atoms with Gasteiger partial charge in [0.1, 0.15) is 12.4 Å². The van der Waals surface area contributed by atoms with Gasteiger partial charge in [-0.2, -0.15) is 0 Å². The number of ether oxygens (including phenoxy) is 3. The average molecular weight is 331 g/mol. The number of hydrogen-bond acceptors (Lipinski definition) is 5. The van der Waals surface area contributed by atoms with Crippen LogP contribution in [0.5, 0.6) is 17.2 Å². The van der Waals surface area contributed by atoms with Gasteiger partial charge in [-0.05, 0) is 24.5 Å². The molecule has 0 aliphatic heterocycles. The summed E-state index contributed by atoms with van der Waals surface area (Å²) in [6, 6.07) is 13.3. The van der Waals surface area contributed by atoms with Gasteiger partial charge in [-0.3, -0.25) is 0 Å². The highest BCUT2D eigenvalue weighted by atomic mass is 16.5. The number of nitrogens with two attached hydrogens (primary N) is 1. The third-order valence-corrected chi connectivity index (χ3v) is 3.83. The number of rotatable bonds is 9. The number of aliphatic hydroxyl groups is 1. The van der Waals surface area contributed by atoms with E-state index in [2.05, 4.69) is 0 Å². The molecule has 0 bridgehead atoms. The standard InChI is InChI=1S/C19H25NO4/c1-22-18-11-15(16(20)9-6-10-21)17(12-19(18)23-2)24-13-14-7-4-3-5-8-14/h3-5,7-8,11-12,16,21H,6,9-10,13,20H2,1-2H3/t16-/m0/s1. The fraction of sp³-hybridized carbons (Fsp3) is 0.368. The zero-order valence-corrected chi connectivity index (χ0v) is 14.2. The van der Waals surface area contributed by atoms with Crippen molar-refractivity contribution in [2.24, 2.45) is 5.73 Å². The van der Waals surface area contributed by atoms with Crippen molar-refractivity contribution in [3.05, 3.63) is 53.6 Å². The Morgan fingerprint density at radius 2 is 1.67 bits per heavy atom. The van der Waals surface area contributed by atoms with Gasteiger partial charge in [-0.25, -0.2) is 0 Å². The first-order valence-corrected chi connectivity index (χ1v) is 7.98. The minimum absolute atomic E-state index is 0.112. The van der Waals surface area contributed by atoms with Crippen LogP contribution in [0.15, 0.2) is 42.5 Å². The van der Waals surface area contributed by atoms with Crippen LogP contribution in [-0.2, 0) is 6.61 Å². The summed E-state index contributed by atoms with van der Waals surface area (Å²) in [7, 11) is 3.18. The number of hydrogen-bond donors (Lipinski definition) is 2. The molecule has 3 N–H and O–H groups in total. The van der Waals surface area contributed by atoms with E-state index < -0.39 is 0 Å². The van der Waals surface area contributed by atoms with Gasteiger partial charge in [0.15, 0.2) is 11.5 Å². The minimum Gasteiger partial charge on any atom is -0.493 e. The minimum atomic E-state index is -0.247. The number of benzene rings is 2. The van der Waals surface area contributed by atoms with Crippen molar-refractivity contribution in [2.75, 3.05) is 20.8 Å². The molecule has 0 unspecified atom stereocenters. The molecule has 5 nitrogen and oxygen atoms in total. The second kappa shape index (κ2) is 9.15. The number of methoxy groups -OCH3 is 2. The van der Waals surface area contributed by atoms with Crippen LogP contribution in [0.3, 0.4) is 0 Å². The Morgan fingerprint density at radius 3 is 2.29 bits per heavy atom. The van der Waals surface area contributed by atoms with Crippen molar-refractivity contribution in [3.8, 4) is 17.2 Å². The van der Waals surface area contributed by atoms with Gasteiger partial charge in [0.25, 0.3) is 0 Å². The summed E-state index contributed by atoms with van der Waals surface area (Å²) in [5, 5.41) is 9.03. The summed E-state index contributed by atoms with van der Waals surface area (Å²) in [5.74, 6) is 1.87. The van der Waals surface area contributed by atoms with Gasteiger partial charge in [0, 0.05) is 24.3 Å². The molecule has 0 amide bonds. The SMILES string of the molecule is COc1cc(OCc2ccccc2)c([C@@H](N)CCCO)cc1OC. The van der Waals surface area contributed by atoms with Crippen LogP contribution in [0, 0.1) is 0 Å². The maximum Gasteiger partial charge on any atom is 0.164 e. The molecule has 2 rings (SSSR count). The first-order chi connectivity index (χ1) is 11.7. The lowest BCUT2D eigenvalue weighted by Crippen LogP contribution is -2.13. The fourth-order valence-electron chi connectivity index (χ4n) is 2.49. The Bertz CT molecular complexity index is 631. The Balaban J connectivity index is 2.27. The molecule has 130 valence electrons. The van der Waals surface area contributed by atoms with E-state index in [0.717, 1.165) is 11.1 Å². The molecule has 0 fully saturated rings. The third-order valence-electron chi connectivity index (χ3n) is 3.83. The maximum absolute atomic E-state index is 9.03. The van der Waals surface area contributed by atoms with Crippen molar-refractivity contribution >= 4 is 0 Å². The quantitative estimate of drug-likeness (QED) is 0.739. The van der Waals surface area contributed by atoms with E-state index in [-0.39, 0.29) is 12.6 Å². The second-order valence-corrected chi connectivity index (χ2v) is 5.49. The lowest BCUT2D eigenvalue weighted by molar-refractivity contribution is 0.275. The van der Waals surface area contributed by atoms with Gasteiger partial charge in [-0.1, -0.05) is 30.3 Å². The summed E-state index contributed by atoms with van der Waals surface area (Å²) in [6.07, 6.45) is 1.29. The second-order valence-electron chi connectivity index (χ2n) is 5.49. The molecule has 0 heterocycles. The van der Waals surface area contributed by atoms with E-state index in [1.807, 2.05) is 36.4 Å². The molecule has 5 heteroatoms. The topological polar surface area (TPSA) is 73.9 Å².